The molecule has 2 fully saturated rings. The Morgan fingerprint density at radius 2 is 1.97 bits per heavy atom. The number of H-pyrrole nitrogens is 1. The molecule has 35 heavy (non-hydrogen) atoms. The third kappa shape index (κ3) is 3.35. The summed E-state index contributed by atoms with van der Waals surface area (Å²) in [5.41, 5.74) is 1.69. The molecule has 0 saturated carbocycles. The third-order valence-electron chi connectivity index (χ3n) is 7.34. The second-order valence-corrected chi connectivity index (χ2v) is 11.8. The molecule has 8 nitrogen and oxygen atoms in total. The van der Waals surface area contributed by atoms with Crippen molar-refractivity contribution in [2.75, 3.05) is 11.6 Å². The number of sulfone groups is 1. The first kappa shape index (κ1) is 22.4. The van der Waals surface area contributed by atoms with Gasteiger partial charge in [-0.15, -0.1) is 0 Å². The van der Waals surface area contributed by atoms with Crippen LogP contribution in [0.5, 0.6) is 0 Å². The molecule has 3 aliphatic heterocycles. The van der Waals surface area contributed by atoms with E-state index in [1.807, 2.05) is 0 Å². The van der Waals surface area contributed by atoms with Gasteiger partial charge < -0.3 is 5.32 Å². The number of nitrogens with one attached hydrogen (secondary N) is 2. The molecule has 1 amide bonds. The van der Waals surface area contributed by atoms with Crippen molar-refractivity contribution in [3.63, 3.8) is 0 Å². The Kier molecular flexibility index (Phi) is 4.77. The molecule has 3 atom stereocenters. The van der Waals surface area contributed by atoms with Crippen molar-refractivity contribution < 1.29 is 17.6 Å². The molecule has 0 aliphatic carbocycles. The van der Waals surface area contributed by atoms with Crippen LogP contribution in [0.4, 0.5) is 10.1 Å². The Balaban J connectivity index is 1.22. The summed E-state index contributed by atoms with van der Waals surface area (Å²) in [7, 11) is -3.35. The van der Waals surface area contributed by atoms with Crippen molar-refractivity contribution in [3.05, 3.63) is 74.9 Å². The minimum Gasteiger partial charge on any atom is -0.322 e. The summed E-state index contributed by atoms with van der Waals surface area (Å²) < 4.78 is 38.4. The smallest absolute Gasteiger partial charge is 0.264 e. The van der Waals surface area contributed by atoms with Crippen LogP contribution in [0.3, 0.4) is 0 Å². The van der Waals surface area contributed by atoms with Crippen LogP contribution in [-0.4, -0.2) is 47.3 Å². The highest BCUT2D eigenvalue weighted by atomic mass is 35.5. The van der Waals surface area contributed by atoms with Gasteiger partial charge in [0.15, 0.2) is 9.84 Å². The number of carbonyl (C=O) groups excluding carboxylic acids is 1. The predicted octanol–water partition coefficient (Wildman–Crippen LogP) is 3.09. The lowest BCUT2D eigenvalue weighted by atomic mass is 9.59. The summed E-state index contributed by atoms with van der Waals surface area (Å²) in [4.78, 5) is 27.1. The predicted molar refractivity (Wildman–Crippen MR) is 127 cm³/mol. The summed E-state index contributed by atoms with van der Waals surface area (Å²) in [6, 6.07) is 10.3. The Labute approximate surface area is 205 Å². The van der Waals surface area contributed by atoms with E-state index in [-0.39, 0.29) is 39.2 Å². The molecule has 2 saturated heterocycles. The number of hydrogen-bond acceptors (Lipinski definition) is 6. The zero-order valence-electron chi connectivity index (χ0n) is 18.5. The van der Waals surface area contributed by atoms with Gasteiger partial charge in [-0.3, -0.25) is 14.5 Å². The number of carbonyl (C=O) groups is 1. The van der Waals surface area contributed by atoms with Gasteiger partial charge in [-0.05, 0) is 54.7 Å². The minimum absolute atomic E-state index is 0.0161. The van der Waals surface area contributed by atoms with E-state index in [2.05, 4.69) is 20.4 Å². The second kappa shape index (κ2) is 7.46. The van der Waals surface area contributed by atoms with Crippen LogP contribution in [0.15, 0.2) is 52.2 Å². The molecule has 0 bridgehead atoms. The summed E-state index contributed by atoms with van der Waals surface area (Å²) in [6.45, 7) is 0. The van der Waals surface area contributed by atoms with Crippen LogP contribution in [0.25, 0.3) is 11.1 Å². The highest BCUT2D eigenvalue weighted by Crippen LogP contribution is 2.61. The van der Waals surface area contributed by atoms with Crippen molar-refractivity contribution in [3.8, 4) is 11.1 Å². The summed E-state index contributed by atoms with van der Waals surface area (Å²) in [6.07, 6.45) is 2.94. The number of amides is 1. The maximum absolute atomic E-state index is 15.0. The Bertz CT molecular complexity index is 1570. The van der Waals surface area contributed by atoms with Gasteiger partial charge in [-0.25, -0.2) is 17.9 Å². The Hall–Kier alpha value is -3.08. The molecule has 1 aromatic heterocycles. The average Bonchev–Trinajstić information content (AvgIpc) is 2.77. The normalized spacial score (nSPS) is 24.5. The molecule has 1 unspecified atom stereocenters. The van der Waals surface area contributed by atoms with Crippen LogP contribution < -0.4 is 10.9 Å². The van der Waals surface area contributed by atoms with E-state index in [1.165, 1.54) is 24.3 Å². The van der Waals surface area contributed by atoms with Gasteiger partial charge >= 0.3 is 0 Å². The van der Waals surface area contributed by atoms with Crippen LogP contribution in [-0.2, 0) is 21.1 Å². The maximum Gasteiger partial charge on any atom is 0.264 e. The first-order valence-corrected chi connectivity index (χ1v) is 13.3. The summed E-state index contributed by atoms with van der Waals surface area (Å²) >= 11 is 6.42. The third-order valence-corrected chi connectivity index (χ3v) is 8.78. The zero-order valence-corrected chi connectivity index (χ0v) is 20.1. The number of fused-ring (bicyclic) bond motifs is 2. The molecule has 2 aromatic carbocycles. The van der Waals surface area contributed by atoms with Gasteiger partial charge in [0.05, 0.1) is 27.3 Å². The van der Waals surface area contributed by atoms with Gasteiger partial charge in [0.25, 0.3) is 5.56 Å². The highest BCUT2D eigenvalue weighted by molar-refractivity contribution is 7.90. The van der Waals surface area contributed by atoms with Crippen LogP contribution >= 0.6 is 11.6 Å². The molecule has 0 spiro atoms. The van der Waals surface area contributed by atoms with E-state index in [4.69, 9.17) is 11.6 Å². The van der Waals surface area contributed by atoms with Gasteiger partial charge in [0.2, 0.25) is 5.91 Å². The first-order chi connectivity index (χ1) is 16.6. The SMILES string of the molecule is CS(=O)(=O)c1ccc(-c2cc(F)c(NC(=O)C34C[C@H]5Cc6cc(=O)[nH]nc6[C@@H](C3)N54)cc2Cl)cc1. The molecule has 3 aliphatic rings. The zero-order chi connectivity index (χ0) is 24.7. The fourth-order valence-corrected chi connectivity index (χ4v) is 6.62. The number of aromatic nitrogens is 2. The van der Waals surface area contributed by atoms with Crippen molar-refractivity contribution >= 4 is 33.0 Å². The number of halogens is 2. The molecule has 11 heteroatoms. The Morgan fingerprint density at radius 3 is 2.69 bits per heavy atom. The molecular weight excluding hydrogens is 495 g/mol. The molecule has 2 N–H and O–H groups in total. The summed E-state index contributed by atoms with van der Waals surface area (Å²) in [5.74, 6) is -0.936. The van der Waals surface area contributed by atoms with Crippen LogP contribution in [0.2, 0.25) is 5.02 Å². The van der Waals surface area contributed by atoms with Crippen molar-refractivity contribution in [2.24, 2.45) is 0 Å². The monoisotopic (exact) mass is 514 g/mol. The van der Waals surface area contributed by atoms with Gasteiger partial charge in [-0.1, -0.05) is 23.7 Å². The fourth-order valence-electron chi connectivity index (χ4n) is 5.72. The first-order valence-electron chi connectivity index (χ1n) is 11.0. The molecule has 6 rings (SSSR count). The number of nitrogens with zero attached hydrogens (tertiary/aromatic N) is 2. The number of rotatable bonds is 4. The van der Waals surface area contributed by atoms with Gasteiger partial charge in [0.1, 0.15) is 11.4 Å². The lowest BCUT2D eigenvalue weighted by Crippen LogP contribution is -2.81. The van der Waals surface area contributed by atoms with E-state index in [1.54, 1.807) is 18.2 Å². The van der Waals surface area contributed by atoms with Gasteiger partial charge in [-0.2, -0.15) is 5.10 Å². The molecular formula is C24H20ClFN4O4S. The topological polar surface area (TPSA) is 112 Å². The lowest BCUT2D eigenvalue weighted by Gasteiger charge is -2.70. The number of benzene rings is 2. The maximum atomic E-state index is 15.0. The van der Waals surface area contributed by atoms with E-state index < -0.39 is 21.2 Å². The standard InChI is InChI=1S/C24H20ClFN4O4S/c1-35(33,34)15-4-2-12(3-5-15)16-8-18(26)19(9-17(16)25)27-23(32)24-10-14-6-13-7-21(31)28-29-22(13)20(11-24)30(14)24/h2-5,7-9,14,20H,6,10-11H2,1H3,(H,27,32)(H,28,31)/t14-,20-,24?/m1/s1. The fraction of sp³-hybridized carbons (Fsp3) is 0.292. The van der Waals surface area contributed by atoms with Crippen molar-refractivity contribution in [1.29, 1.82) is 0 Å². The van der Waals surface area contributed by atoms with E-state index in [0.29, 0.717) is 30.4 Å². The van der Waals surface area contributed by atoms with E-state index >= 15 is 4.39 Å². The quantitative estimate of drug-likeness (QED) is 0.553. The molecule has 3 aromatic rings. The number of anilines is 1. The average molecular weight is 515 g/mol. The minimum atomic E-state index is -3.35. The second-order valence-electron chi connectivity index (χ2n) is 9.43. The van der Waals surface area contributed by atoms with E-state index in [0.717, 1.165) is 17.5 Å². The van der Waals surface area contributed by atoms with Crippen molar-refractivity contribution in [2.45, 2.75) is 41.8 Å². The number of piperidine rings is 1. The highest BCUT2D eigenvalue weighted by Gasteiger charge is 2.69. The van der Waals surface area contributed by atoms with E-state index in [9.17, 15) is 18.0 Å². The van der Waals surface area contributed by atoms with Crippen molar-refractivity contribution in [1.82, 2.24) is 15.1 Å². The largest absolute Gasteiger partial charge is 0.322 e. The number of aromatic amines is 1. The lowest BCUT2D eigenvalue weighted by molar-refractivity contribution is -0.207. The molecule has 0 radical (unpaired) electrons. The van der Waals surface area contributed by atoms with Crippen LogP contribution in [0.1, 0.15) is 30.1 Å². The van der Waals surface area contributed by atoms with Crippen LogP contribution in [0, 0.1) is 5.82 Å². The van der Waals surface area contributed by atoms with Gasteiger partial charge in [0, 0.05) is 23.9 Å². The Morgan fingerprint density at radius 1 is 1.23 bits per heavy atom. The number of hydrogen-bond donors (Lipinski definition) is 2. The molecule has 4 heterocycles. The molecule has 180 valence electrons. The summed E-state index contributed by atoms with van der Waals surface area (Å²) in [5, 5.41) is 9.60.